The SMILES string of the molecule is Cc1cc2c(I)cccc2o1. The Hall–Kier alpha value is -0.510. The third-order valence-corrected chi connectivity index (χ3v) is 2.57. The third-order valence-electron chi connectivity index (χ3n) is 1.63. The minimum Gasteiger partial charge on any atom is -0.461 e. The molecule has 0 radical (unpaired) electrons. The van der Waals surface area contributed by atoms with E-state index in [0.29, 0.717) is 0 Å². The lowest BCUT2D eigenvalue weighted by Crippen LogP contribution is -1.68. The van der Waals surface area contributed by atoms with Gasteiger partial charge >= 0.3 is 0 Å². The fourth-order valence-electron chi connectivity index (χ4n) is 1.15. The van der Waals surface area contributed by atoms with E-state index in [1.807, 2.05) is 19.1 Å². The van der Waals surface area contributed by atoms with Crippen LogP contribution < -0.4 is 0 Å². The maximum absolute atomic E-state index is 5.44. The van der Waals surface area contributed by atoms with Gasteiger partial charge in [-0.25, -0.2) is 0 Å². The number of hydrogen-bond donors (Lipinski definition) is 0. The molecule has 1 aromatic heterocycles. The van der Waals surface area contributed by atoms with Crippen molar-refractivity contribution in [3.8, 4) is 0 Å². The monoisotopic (exact) mass is 258 g/mol. The zero-order chi connectivity index (χ0) is 7.84. The molecular formula is C9H7IO. The molecule has 0 saturated heterocycles. The molecule has 0 saturated carbocycles. The van der Waals surface area contributed by atoms with E-state index in [0.717, 1.165) is 11.3 Å². The van der Waals surface area contributed by atoms with Gasteiger partial charge in [-0.05, 0) is 47.7 Å². The molecule has 1 heterocycles. The Balaban J connectivity index is 2.90. The van der Waals surface area contributed by atoms with Gasteiger partial charge in [0, 0.05) is 8.96 Å². The van der Waals surface area contributed by atoms with Crippen LogP contribution in [0.4, 0.5) is 0 Å². The summed E-state index contributed by atoms with van der Waals surface area (Å²) in [4.78, 5) is 0. The molecule has 2 heteroatoms. The van der Waals surface area contributed by atoms with Crippen molar-refractivity contribution >= 4 is 33.6 Å². The van der Waals surface area contributed by atoms with Crippen LogP contribution in [0.25, 0.3) is 11.0 Å². The molecule has 0 amide bonds. The summed E-state index contributed by atoms with van der Waals surface area (Å²) in [6, 6.07) is 8.15. The summed E-state index contributed by atoms with van der Waals surface area (Å²) in [5.74, 6) is 0.976. The van der Waals surface area contributed by atoms with Gasteiger partial charge in [0.2, 0.25) is 0 Å². The molecule has 0 aliphatic rings. The molecule has 2 aromatic rings. The van der Waals surface area contributed by atoms with Crippen molar-refractivity contribution in [1.82, 2.24) is 0 Å². The van der Waals surface area contributed by atoms with Gasteiger partial charge in [-0.3, -0.25) is 0 Å². The zero-order valence-electron chi connectivity index (χ0n) is 6.10. The highest BCUT2D eigenvalue weighted by Gasteiger charge is 2.01. The summed E-state index contributed by atoms with van der Waals surface area (Å²) < 4.78 is 6.69. The standard InChI is InChI=1S/C9H7IO/c1-6-5-7-8(10)3-2-4-9(7)11-6/h2-5H,1H3. The van der Waals surface area contributed by atoms with Gasteiger partial charge in [0.25, 0.3) is 0 Å². The molecule has 0 N–H and O–H groups in total. The van der Waals surface area contributed by atoms with Gasteiger partial charge in [-0.2, -0.15) is 0 Å². The Morgan fingerprint density at radius 1 is 1.36 bits per heavy atom. The van der Waals surface area contributed by atoms with E-state index in [2.05, 4.69) is 34.7 Å². The van der Waals surface area contributed by atoms with Crippen molar-refractivity contribution < 1.29 is 4.42 Å². The topological polar surface area (TPSA) is 13.1 Å². The van der Waals surface area contributed by atoms with Crippen molar-refractivity contribution in [3.63, 3.8) is 0 Å². The van der Waals surface area contributed by atoms with Gasteiger partial charge in [-0.15, -0.1) is 0 Å². The minimum atomic E-state index is 0.976. The largest absolute Gasteiger partial charge is 0.461 e. The second-order valence-corrected chi connectivity index (χ2v) is 3.67. The first-order chi connectivity index (χ1) is 5.27. The molecule has 0 spiro atoms. The molecule has 1 nitrogen and oxygen atoms in total. The van der Waals surface area contributed by atoms with Crippen LogP contribution in [0.2, 0.25) is 0 Å². The number of halogens is 1. The summed E-state index contributed by atoms with van der Waals surface area (Å²) in [5.41, 5.74) is 0.981. The lowest BCUT2D eigenvalue weighted by molar-refractivity contribution is 0.578. The number of furan rings is 1. The summed E-state index contributed by atoms with van der Waals surface area (Å²) >= 11 is 2.31. The molecule has 1 aromatic carbocycles. The maximum Gasteiger partial charge on any atom is 0.135 e. The van der Waals surface area contributed by atoms with Crippen molar-refractivity contribution in [2.45, 2.75) is 6.92 Å². The fourth-order valence-corrected chi connectivity index (χ4v) is 1.78. The molecule has 0 bridgehead atoms. The number of rotatable bonds is 0. The van der Waals surface area contributed by atoms with Crippen LogP contribution in [-0.2, 0) is 0 Å². The molecule has 0 aliphatic heterocycles. The molecule has 56 valence electrons. The fraction of sp³-hybridized carbons (Fsp3) is 0.111. The Kier molecular flexibility index (Phi) is 1.64. The molecule has 0 fully saturated rings. The highest BCUT2D eigenvalue weighted by atomic mass is 127. The summed E-state index contributed by atoms with van der Waals surface area (Å²) in [6.07, 6.45) is 0. The summed E-state index contributed by atoms with van der Waals surface area (Å²) in [7, 11) is 0. The second-order valence-electron chi connectivity index (χ2n) is 2.51. The highest BCUT2D eigenvalue weighted by Crippen LogP contribution is 2.23. The quantitative estimate of drug-likeness (QED) is 0.660. The molecule has 11 heavy (non-hydrogen) atoms. The summed E-state index contributed by atoms with van der Waals surface area (Å²) in [5, 5.41) is 1.21. The molecule has 0 unspecified atom stereocenters. The van der Waals surface area contributed by atoms with Gasteiger partial charge in [-0.1, -0.05) is 6.07 Å². The van der Waals surface area contributed by atoms with Gasteiger partial charge in [0.1, 0.15) is 11.3 Å². The van der Waals surface area contributed by atoms with Gasteiger partial charge in [0.15, 0.2) is 0 Å². The number of fused-ring (bicyclic) bond motifs is 1. The lowest BCUT2D eigenvalue weighted by Gasteiger charge is -1.88. The predicted octanol–water partition coefficient (Wildman–Crippen LogP) is 3.35. The van der Waals surface area contributed by atoms with Gasteiger partial charge in [0.05, 0.1) is 0 Å². The van der Waals surface area contributed by atoms with Crippen LogP contribution >= 0.6 is 22.6 Å². The van der Waals surface area contributed by atoms with E-state index in [9.17, 15) is 0 Å². The van der Waals surface area contributed by atoms with Crippen LogP contribution in [-0.4, -0.2) is 0 Å². The Morgan fingerprint density at radius 2 is 2.18 bits per heavy atom. The smallest absolute Gasteiger partial charge is 0.135 e. The van der Waals surface area contributed by atoms with Crippen molar-refractivity contribution in [3.05, 3.63) is 33.6 Å². The van der Waals surface area contributed by atoms with E-state index in [-0.39, 0.29) is 0 Å². The average molecular weight is 258 g/mol. The van der Waals surface area contributed by atoms with Crippen molar-refractivity contribution in [2.75, 3.05) is 0 Å². The van der Waals surface area contributed by atoms with E-state index >= 15 is 0 Å². The van der Waals surface area contributed by atoms with E-state index < -0.39 is 0 Å². The molecule has 0 atom stereocenters. The van der Waals surface area contributed by atoms with Crippen LogP contribution in [0.15, 0.2) is 28.7 Å². The minimum absolute atomic E-state index is 0.976. The lowest BCUT2D eigenvalue weighted by atomic mass is 10.2. The predicted molar refractivity (Wildman–Crippen MR) is 53.7 cm³/mol. The molecule has 0 aliphatic carbocycles. The first kappa shape index (κ1) is 7.16. The Labute approximate surface area is 78.5 Å². The van der Waals surface area contributed by atoms with Gasteiger partial charge < -0.3 is 4.42 Å². The number of aryl methyl sites for hydroxylation is 1. The third kappa shape index (κ3) is 1.15. The average Bonchev–Trinajstić information content (AvgIpc) is 2.31. The maximum atomic E-state index is 5.44. The normalized spacial score (nSPS) is 10.7. The highest BCUT2D eigenvalue weighted by molar-refractivity contribution is 14.1. The number of benzene rings is 1. The Bertz CT molecular complexity index is 389. The van der Waals surface area contributed by atoms with E-state index in [4.69, 9.17) is 4.42 Å². The molecular weight excluding hydrogens is 251 g/mol. The first-order valence-corrected chi connectivity index (χ1v) is 4.50. The van der Waals surface area contributed by atoms with Crippen LogP contribution in [0.1, 0.15) is 5.76 Å². The van der Waals surface area contributed by atoms with Crippen LogP contribution in [0, 0.1) is 10.5 Å². The first-order valence-electron chi connectivity index (χ1n) is 3.42. The van der Waals surface area contributed by atoms with Crippen LogP contribution in [0.5, 0.6) is 0 Å². The van der Waals surface area contributed by atoms with E-state index in [1.54, 1.807) is 0 Å². The van der Waals surface area contributed by atoms with Crippen molar-refractivity contribution in [2.24, 2.45) is 0 Å². The second kappa shape index (κ2) is 2.52. The summed E-state index contributed by atoms with van der Waals surface area (Å²) in [6.45, 7) is 1.97. The zero-order valence-corrected chi connectivity index (χ0v) is 8.25. The van der Waals surface area contributed by atoms with Crippen LogP contribution in [0.3, 0.4) is 0 Å². The number of hydrogen-bond acceptors (Lipinski definition) is 1. The van der Waals surface area contributed by atoms with Crippen molar-refractivity contribution in [1.29, 1.82) is 0 Å². The Morgan fingerprint density at radius 3 is 2.91 bits per heavy atom. The van der Waals surface area contributed by atoms with E-state index in [1.165, 1.54) is 8.96 Å². The molecule has 2 rings (SSSR count).